The van der Waals surface area contributed by atoms with E-state index in [4.69, 9.17) is 4.74 Å². The van der Waals surface area contributed by atoms with Crippen molar-refractivity contribution >= 4 is 10.0 Å². The van der Waals surface area contributed by atoms with Gasteiger partial charge >= 0.3 is 0 Å². The van der Waals surface area contributed by atoms with Gasteiger partial charge in [-0.1, -0.05) is 20.8 Å². The average Bonchev–Trinajstić information content (AvgIpc) is 2.84. The highest BCUT2D eigenvalue weighted by molar-refractivity contribution is 7.88. The van der Waals surface area contributed by atoms with Gasteiger partial charge in [-0.05, 0) is 33.1 Å². The number of hydrogen-bond donors (Lipinski definition) is 1. The number of ether oxygens (including phenoxy) is 1. The van der Waals surface area contributed by atoms with Gasteiger partial charge in [-0.15, -0.1) is 10.2 Å². The van der Waals surface area contributed by atoms with Crippen molar-refractivity contribution in [1.82, 2.24) is 19.5 Å². The lowest BCUT2D eigenvalue weighted by Crippen LogP contribution is -2.50. The van der Waals surface area contributed by atoms with Crippen LogP contribution >= 0.6 is 0 Å². The first-order valence-corrected chi connectivity index (χ1v) is 10.0. The molecule has 0 fully saturated rings. The van der Waals surface area contributed by atoms with Crippen LogP contribution in [-0.4, -0.2) is 58.5 Å². The van der Waals surface area contributed by atoms with Gasteiger partial charge in [0.05, 0.1) is 18.5 Å². The summed E-state index contributed by atoms with van der Waals surface area (Å²) in [7, 11) is -3.36. The number of aromatic nitrogens is 3. The van der Waals surface area contributed by atoms with Crippen LogP contribution in [0.1, 0.15) is 54.3 Å². The van der Waals surface area contributed by atoms with Crippen molar-refractivity contribution in [2.75, 3.05) is 12.8 Å². The number of nitrogens with zero attached hydrogens (tertiary/aromatic N) is 3. The van der Waals surface area contributed by atoms with E-state index in [0.29, 0.717) is 12.2 Å². The zero-order chi connectivity index (χ0) is 18.8. The Hall–Kier alpha value is -0.990. The number of hydrogen-bond acceptors (Lipinski definition) is 5. The molecule has 1 rings (SSSR count). The summed E-state index contributed by atoms with van der Waals surface area (Å²) in [4.78, 5) is 2.96. The van der Waals surface area contributed by atoms with Crippen LogP contribution in [0.15, 0.2) is 6.33 Å². The first kappa shape index (κ1) is 21.1. The van der Waals surface area contributed by atoms with Crippen molar-refractivity contribution in [3.05, 3.63) is 12.2 Å². The standard InChI is InChI=1S/C16H32N4O3S/c1-12(15(2,3)4)23-13(9-14-17-11-18-19-14)10-20(16(5,6)7)24(8,21)22/h11-13H,9-10H2,1-8H3,(H,17,18,19). The first-order valence-electron chi connectivity index (χ1n) is 8.19. The molecule has 8 heteroatoms. The second-order valence-corrected chi connectivity index (χ2v) is 10.3. The second kappa shape index (κ2) is 7.49. The Balaban J connectivity index is 3.03. The summed E-state index contributed by atoms with van der Waals surface area (Å²) in [6.45, 7) is 14.2. The number of aromatic amines is 1. The van der Waals surface area contributed by atoms with E-state index in [-0.39, 0.29) is 24.2 Å². The third-order valence-electron chi connectivity index (χ3n) is 4.02. The minimum Gasteiger partial charge on any atom is -0.373 e. The Morgan fingerprint density at radius 1 is 1.25 bits per heavy atom. The Kier molecular flexibility index (Phi) is 6.57. The summed E-state index contributed by atoms with van der Waals surface area (Å²) in [6, 6.07) is 0. The zero-order valence-electron chi connectivity index (χ0n) is 16.1. The molecule has 0 saturated carbocycles. The van der Waals surface area contributed by atoms with Crippen LogP contribution in [0.5, 0.6) is 0 Å². The lowest BCUT2D eigenvalue weighted by molar-refractivity contribution is -0.0651. The van der Waals surface area contributed by atoms with E-state index in [9.17, 15) is 8.42 Å². The fourth-order valence-corrected chi connectivity index (χ4v) is 3.72. The molecule has 0 aliphatic heterocycles. The van der Waals surface area contributed by atoms with Crippen LogP contribution < -0.4 is 0 Å². The Bertz CT molecular complexity index is 600. The average molecular weight is 361 g/mol. The molecule has 0 amide bonds. The van der Waals surface area contributed by atoms with E-state index in [1.165, 1.54) is 16.9 Å². The van der Waals surface area contributed by atoms with Crippen molar-refractivity contribution in [1.29, 1.82) is 0 Å². The minimum atomic E-state index is -3.36. The van der Waals surface area contributed by atoms with Crippen molar-refractivity contribution in [3.63, 3.8) is 0 Å². The molecule has 24 heavy (non-hydrogen) atoms. The van der Waals surface area contributed by atoms with Gasteiger partial charge < -0.3 is 9.72 Å². The van der Waals surface area contributed by atoms with Gasteiger partial charge in [0.15, 0.2) is 0 Å². The van der Waals surface area contributed by atoms with Crippen LogP contribution in [0, 0.1) is 5.41 Å². The summed E-state index contributed by atoms with van der Waals surface area (Å²) in [5, 5.41) is 7.79. The van der Waals surface area contributed by atoms with Gasteiger partial charge in [0.1, 0.15) is 12.2 Å². The molecule has 2 atom stereocenters. The fourth-order valence-electron chi connectivity index (χ4n) is 2.29. The van der Waals surface area contributed by atoms with E-state index in [0.717, 1.165) is 0 Å². The Labute approximate surface area is 146 Å². The van der Waals surface area contributed by atoms with Crippen molar-refractivity contribution in [3.8, 4) is 0 Å². The molecule has 0 aromatic carbocycles. The summed E-state index contributed by atoms with van der Waals surface area (Å²) in [5.41, 5.74) is -0.571. The monoisotopic (exact) mass is 360 g/mol. The number of rotatable bonds is 7. The molecule has 0 radical (unpaired) electrons. The molecular weight excluding hydrogens is 328 g/mol. The maximum atomic E-state index is 12.2. The lowest BCUT2D eigenvalue weighted by atomic mass is 9.90. The van der Waals surface area contributed by atoms with E-state index in [2.05, 4.69) is 36.0 Å². The van der Waals surface area contributed by atoms with E-state index in [1.54, 1.807) is 0 Å². The topological polar surface area (TPSA) is 88.2 Å². The van der Waals surface area contributed by atoms with Crippen LogP contribution in [0.25, 0.3) is 0 Å². The molecule has 0 aliphatic carbocycles. The Morgan fingerprint density at radius 3 is 2.21 bits per heavy atom. The van der Waals surface area contributed by atoms with Crippen LogP contribution in [0.2, 0.25) is 0 Å². The number of nitrogens with one attached hydrogen (secondary N) is 1. The third-order valence-corrected chi connectivity index (χ3v) is 5.52. The molecule has 7 nitrogen and oxygen atoms in total. The number of H-pyrrole nitrogens is 1. The van der Waals surface area contributed by atoms with Crippen molar-refractivity contribution in [2.24, 2.45) is 5.41 Å². The molecule has 0 aliphatic rings. The molecule has 1 heterocycles. The predicted molar refractivity (Wildman–Crippen MR) is 95.2 cm³/mol. The fraction of sp³-hybridized carbons (Fsp3) is 0.875. The van der Waals surface area contributed by atoms with Gasteiger partial charge in [0.25, 0.3) is 0 Å². The molecule has 0 spiro atoms. The largest absolute Gasteiger partial charge is 0.373 e. The van der Waals surface area contributed by atoms with Gasteiger partial charge in [-0.25, -0.2) is 8.42 Å². The van der Waals surface area contributed by atoms with Gasteiger partial charge in [-0.3, -0.25) is 0 Å². The molecule has 1 aromatic rings. The Morgan fingerprint density at radius 2 is 1.83 bits per heavy atom. The minimum absolute atomic E-state index is 0.0354. The van der Waals surface area contributed by atoms with Gasteiger partial charge in [-0.2, -0.15) is 4.31 Å². The summed E-state index contributed by atoms with van der Waals surface area (Å²) in [5.74, 6) is 0.684. The number of sulfonamides is 1. The lowest BCUT2D eigenvalue weighted by Gasteiger charge is -2.38. The highest BCUT2D eigenvalue weighted by atomic mass is 32.2. The van der Waals surface area contributed by atoms with Crippen LogP contribution in [0.3, 0.4) is 0 Å². The summed E-state index contributed by atoms with van der Waals surface area (Å²) >= 11 is 0. The van der Waals surface area contributed by atoms with Crippen molar-refractivity contribution in [2.45, 2.75) is 72.6 Å². The van der Waals surface area contributed by atoms with Gasteiger partial charge in [0, 0.05) is 18.5 Å². The molecule has 1 N–H and O–H groups in total. The SMILES string of the molecule is CC(OC(Cc1nnc[nH]1)CN(C(C)(C)C)S(C)(=O)=O)C(C)(C)C. The predicted octanol–water partition coefficient (Wildman–Crippen LogP) is 2.23. The van der Waals surface area contributed by atoms with E-state index < -0.39 is 15.6 Å². The van der Waals surface area contributed by atoms with Gasteiger partial charge in [0.2, 0.25) is 10.0 Å². The maximum Gasteiger partial charge on any atom is 0.211 e. The molecule has 2 unspecified atom stereocenters. The van der Waals surface area contributed by atoms with Crippen molar-refractivity contribution < 1.29 is 13.2 Å². The highest BCUT2D eigenvalue weighted by Crippen LogP contribution is 2.25. The maximum absolute atomic E-state index is 12.2. The second-order valence-electron chi connectivity index (χ2n) is 8.37. The van der Waals surface area contributed by atoms with E-state index >= 15 is 0 Å². The summed E-state index contributed by atoms with van der Waals surface area (Å²) in [6.07, 6.45) is 2.87. The van der Waals surface area contributed by atoms with E-state index in [1.807, 2.05) is 27.7 Å². The molecule has 140 valence electrons. The molecule has 0 saturated heterocycles. The smallest absolute Gasteiger partial charge is 0.211 e. The molecular formula is C16H32N4O3S. The van der Waals surface area contributed by atoms with Crippen LogP contribution in [0.4, 0.5) is 0 Å². The summed E-state index contributed by atoms with van der Waals surface area (Å²) < 4.78 is 32.2. The third kappa shape index (κ3) is 6.49. The molecule has 0 bridgehead atoms. The molecule has 1 aromatic heterocycles. The van der Waals surface area contributed by atoms with Crippen LogP contribution in [-0.2, 0) is 21.2 Å². The first-order chi connectivity index (χ1) is 10.7. The zero-order valence-corrected chi connectivity index (χ0v) is 16.9. The normalized spacial score (nSPS) is 16.4. The quantitative estimate of drug-likeness (QED) is 0.805. The highest BCUT2D eigenvalue weighted by Gasteiger charge is 2.34.